The van der Waals surface area contributed by atoms with Gasteiger partial charge in [-0.2, -0.15) is 0 Å². The summed E-state index contributed by atoms with van der Waals surface area (Å²) in [7, 11) is 0. The van der Waals surface area contributed by atoms with Gasteiger partial charge in [0.05, 0.1) is 31.9 Å². The quantitative estimate of drug-likeness (QED) is 0.419. The normalized spacial score (nSPS) is 16.4. The van der Waals surface area contributed by atoms with Gasteiger partial charge in [-0.3, -0.25) is 19.2 Å². The highest BCUT2D eigenvalue weighted by molar-refractivity contribution is 8.04. The monoisotopic (exact) mass is 566 g/mol. The van der Waals surface area contributed by atoms with Crippen molar-refractivity contribution in [2.45, 2.75) is 23.6 Å². The summed E-state index contributed by atoms with van der Waals surface area (Å²) in [4.78, 5) is 57.4. The summed E-state index contributed by atoms with van der Waals surface area (Å²) < 4.78 is 0. The molecule has 2 heterocycles. The van der Waals surface area contributed by atoms with Crippen molar-refractivity contribution < 1.29 is 0 Å². The van der Waals surface area contributed by atoms with E-state index in [1.54, 1.807) is 35.7 Å². The molecule has 2 aliphatic heterocycles. The van der Waals surface area contributed by atoms with Crippen molar-refractivity contribution in [1.29, 1.82) is 0 Å². The highest BCUT2D eigenvalue weighted by Crippen LogP contribution is 2.46. The molecule has 3 aromatic carbocycles. The number of anilines is 2. The fourth-order valence-corrected chi connectivity index (χ4v) is 6.86. The lowest BCUT2D eigenvalue weighted by Gasteiger charge is -2.17. The smallest absolute Gasteiger partial charge is 0.237 e. The molecular formula is C32H26N2O4S2. The molecule has 0 fully saturated rings. The van der Waals surface area contributed by atoms with Crippen LogP contribution in [-0.4, -0.2) is 13.1 Å². The van der Waals surface area contributed by atoms with Crippen LogP contribution < -0.4 is 42.0 Å². The van der Waals surface area contributed by atoms with Gasteiger partial charge in [-0.05, 0) is 62.4 Å². The summed E-state index contributed by atoms with van der Waals surface area (Å²) in [5.41, 5.74) is -1.65. The van der Waals surface area contributed by atoms with Crippen LogP contribution in [0.25, 0.3) is 12.2 Å². The summed E-state index contributed by atoms with van der Waals surface area (Å²) >= 11 is 3.25. The van der Waals surface area contributed by atoms with Crippen molar-refractivity contribution in [2.75, 3.05) is 22.9 Å². The molecule has 3 aromatic rings. The van der Waals surface area contributed by atoms with Gasteiger partial charge in [0, 0.05) is 22.9 Å². The lowest BCUT2D eigenvalue weighted by Crippen LogP contribution is -2.63. The van der Waals surface area contributed by atoms with Crippen LogP contribution in [0.15, 0.2) is 124 Å². The lowest BCUT2D eigenvalue weighted by atomic mass is 10.2. The molecule has 40 heavy (non-hydrogen) atoms. The number of allylic oxidation sites excluding steroid dienone is 6. The van der Waals surface area contributed by atoms with Crippen LogP contribution in [0.5, 0.6) is 0 Å². The van der Waals surface area contributed by atoms with Crippen molar-refractivity contribution >= 4 is 47.1 Å². The molecule has 0 saturated carbocycles. The Bertz CT molecular complexity index is 1740. The van der Waals surface area contributed by atoms with E-state index in [0.29, 0.717) is 0 Å². The molecule has 8 heteroatoms. The maximum atomic E-state index is 12.7. The first-order valence-electron chi connectivity index (χ1n) is 12.9. The minimum absolute atomic E-state index is 0.415. The summed E-state index contributed by atoms with van der Waals surface area (Å²) in [6.07, 6.45) is 12.6. The molecule has 0 radical (unpaired) electrons. The number of thioether (sulfide) groups is 2. The molecule has 5 rings (SSSR count). The predicted octanol–water partition coefficient (Wildman–Crippen LogP) is 3.62. The first kappa shape index (κ1) is 27.4. The highest BCUT2D eigenvalue weighted by Gasteiger charge is 2.23. The number of hydrogen-bond donors (Lipinski definition) is 0. The molecule has 2 aliphatic rings. The van der Waals surface area contributed by atoms with E-state index in [2.05, 4.69) is 47.9 Å². The third-order valence-electron chi connectivity index (χ3n) is 6.52. The Morgan fingerprint density at radius 2 is 0.900 bits per heavy atom. The maximum Gasteiger partial charge on any atom is 0.237 e. The minimum atomic E-state index is -0.975. The summed E-state index contributed by atoms with van der Waals surface area (Å²) in [6, 6.07) is 16.2. The Labute approximate surface area is 239 Å². The van der Waals surface area contributed by atoms with Crippen LogP contribution in [0.4, 0.5) is 11.4 Å². The van der Waals surface area contributed by atoms with Crippen LogP contribution >= 0.6 is 23.5 Å². The summed E-state index contributed by atoms with van der Waals surface area (Å²) in [5, 5.41) is 1.17. The molecule has 0 aliphatic carbocycles. The topological polar surface area (TPSA) is 74.8 Å². The molecule has 0 amide bonds. The van der Waals surface area contributed by atoms with Gasteiger partial charge in [0.15, 0.2) is 0 Å². The molecule has 200 valence electrons. The van der Waals surface area contributed by atoms with Gasteiger partial charge in [0.25, 0.3) is 0 Å². The van der Waals surface area contributed by atoms with Gasteiger partial charge in [-0.15, -0.1) is 0 Å². The van der Waals surface area contributed by atoms with E-state index in [1.165, 1.54) is 24.3 Å². The Balaban J connectivity index is 1.40. The minimum Gasteiger partial charge on any atom is -0.335 e. The van der Waals surface area contributed by atoms with Gasteiger partial charge in [-0.25, -0.2) is 0 Å². The molecule has 6 nitrogen and oxygen atoms in total. The Morgan fingerprint density at radius 3 is 1.27 bits per heavy atom. The number of rotatable bonds is 6. The van der Waals surface area contributed by atoms with Crippen molar-refractivity contribution in [1.82, 2.24) is 0 Å². The highest BCUT2D eigenvalue weighted by atomic mass is 32.2. The first-order chi connectivity index (χ1) is 19.4. The Morgan fingerprint density at radius 1 is 0.550 bits per heavy atom. The number of benzene rings is 3. The third kappa shape index (κ3) is 5.20. The lowest BCUT2D eigenvalue weighted by molar-refractivity contribution is 1.00. The van der Waals surface area contributed by atoms with Crippen LogP contribution in [0, 0.1) is 0 Å². The zero-order valence-corrected chi connectivity index (χ0v) is 23.6. The van der Waals surface area contributed by atoms with E-state index < -0.39 is 32.2 Å². The van der Waals surface area contributed by atoms with Crippen molar-refractivity contribution in [3.63, 3.8) is 0 Å². The second-order valence-electron chi connectivity index (χ2n) is 8.88. The molecule has 0 saturated heterocycles. The molecular weight excluding hydrogens is 540 g/mol. The van der Waals surface area contributed by atoms with E-state index >= 15 is 0 Å². The van der Waals surface area contributed by atoms with Crippen LogP contribution in [0.2, 0.25) is 0 Å². The van der Waals surface area contributed by atoms with E-state index in [0.717, 1.165) is 44.3 Å². The van der Waals surface area contributed by atoms with Crippen LogP contribution in [0.3, 0.4) is 0 Å². The van der Waals surface area contributed by atoms with Gasteiger partial charge in [-0.1, -0.05) is 72.1 Å². The van der Waals surface area contributed by atoms with Crippen molar-refractivity contribution in [3.8, 4) is 0 Å². The van der Waals surface area contributed by atoms with E-state index in [-0.39, 0.29) is 0 Å². The molecule has 0 atom stereocenters. The van der Waals surface area contributed by atoms with Gasteiger partial charge in [0.2, 0.25) is 21.7 Å². The number of para-hydroxylation sites is 2. The van der Waals surface area contributed by atoms with Gasteiger partial charge >= 0.3 is 0 Å². The fourth-order valence-electron chi connectivity index (χ4n) is 4.58. The fraction of sp³-hybridized carbons (Fsp3) is 0.125. The molecule has 0 unspecified atom stereocenters. The number of hydrogen-bond acceptors (Lipinski definition) is 8. The number of fused-ring (bicyclic) bond motifs is 2. The van der Waals surface area contributed by atoms with Gasteiger partial charge in [0.1, 0.15) is 0 Å². The van der Waals surface area contributed by atoms with E-state index in [4.69, 9.17) is 0 Å². The zero-order valence-electron chi connectivity index (χ0n) is 22.0. The van der Waals surface area contributed by atoms with E-state index in [9.17, 15) is 19.2 Å². The maximum absolute atomic E-state index is 12.7. The average Bonchev–Trinajstić information content (AvgIpc) is 3.52. The van der Waals surface area contributed by atoms with Crippen molar-refractivity contribution in [3.05, 3.63) is 146 Å². The molecule has 0 bridgehead atoms. The van der Waals surface area contributed by atoms with Gasteiger partial charge < -0.3 is 9.80 Å². The third-order valence-corrected chi connectivity index (χ3v) is 8.78. The first-order valence-corrected chi connectivity index (χ1v) is 14.5. The SMILES string of the molecule is CCN1/C(=C/C=C/C=c2c(=O)c(=O)c(=C/C=C/C=C3\Sc4ccccc4N3CC)c(=O)c2=O)Sc2ccccc21. The average molecular weight is 567 g/mol. The van der Waals surface area contributed by atoms with Crippen LogP contribution in [-0.2, 0) is 0 Å². The number of nitrogens with zero attached hydrogens (tertiary/aromatic N) is 2. The Kier molecular flexibility index (Phi) is 8.19. The molecule has 0 N–H and O–H groups in total. The summed E-state index contributed by atoms with van der Waals surface area (Å²) in [6.45, 7) is 5.69. The van der Waals surface area contributed by atoms with E-state index in [1.807, 2.05) is 36.4 Å². The zero-order chi connectivity index (χ0) is 28.2. The van der Waals surface area contributed by atoms with Crippen molar-refractivity contribution in [2.24, 2.45) is 0 Å². The largest absolute Gasteiger partial charge is 0.335 e. The molecule has 0 aromatic heterocycles. The Hall–Kier alpha value is -4.14. The van der Waals surface area contributed by atoms with Crippen LogP contribution in [0.1, 0.15) is 13.8 Å². The molecule has 0 spiro atoms. The standard InChI is InChI=1S/C32H26N2O4S2/c1-3-33-23-15-7-9-17-25(23)39-27(33)19-11-5-13-21-29(35)31(37)22(32(38)30(21)36)14-6-12-20-28-34(4-2)24-16-8-10-18-26(24)40-28/h5-20H,3-4H2,1-2H3/b11-5+,12-6+,21-13?,22-14?,27-19-,28-20-. The predicted molar refractivity (Wildman–Crippen MR) is 167 cm³/mol. The second-order valence-corrected chi connectivity index (χ2v) is 11.0. The second kappa shape index (κ2) is 11.9. The summed E-state index contributed by atoms with van der Waals surface area (Å²) in [5.74, 6) is 0.